The highest BCUT2D eigenvalue weighted by molar-refractivity contribution is 5.92. The van der Waals surface area contributed by atoms with E-state index in [1.807, 2.05) is 19.2 Å². The summed E-state index contributed by atoms with van der Waals surface area (Å²) in [4.78, 5) is 11.1. The summed E-state index contributed by atoms with van der Waals surface area (Å²) in [6, 6.07) is 7.77. The molecule has 1 aliphatic rings. The summed E-state index contributed by atoms with van der Waals surface area (Å²) in [5, 5.41) is 3.32. The molecule has 1 aliphatic carbocycles. The predicted molar refractivity (Wildman–Crippen MR) is 74.9 cm³/mol. The van der Waals surface area contributed by atoms with Gasteiger partial charge in [-0.05, 0) is 37.6 Å². The van der Waals surface area contributed by atoms with Crippen LogP contribution >= 0.6 is 0 Å². The number of likely N-dealkylation sites (N-methyl/N-ethyl adjacent to an activating group) is 1. The molecule has 4 nitrogen and oxygen atoms in total. The SMILES string of the molecule is CNC1CCCCC1OCc1cccc(C(N)=O)c1. The number of carbonyl (C=O) groups is 1. The zero-order valence-corrected chi connectivity index (χ0v) is 11.4. The second kappa shape index (κ2) is 6.68. The summed E-state index contributed by atoms with van der Waals surface area (Å²) in [5.41, 5.74) is 6.81. The molecule has 1 aromatic rings. The number of benzene rings is 1. The van der Waals surface area contributed by atoms with Crippen LogP contribution in [0.2, 0.25) is 0 Å². The van der Waals surface area contributed by atoms with E-state index >= 15 is 0 Å². The minimum absolute atomic E-state index is 0.260. The van der Waals surface area contributed by atoms with Crippen molar-refractivity contribution in [2.45, 2.75) is 44.4 Å². The lowest BCUT2D eigenvalue weighted by molar-refractivity contribution is -0.00362. The van der Waals surface area contributed by atoms with Gasteiger partial charge in [-0.3, -0.25) is 4.79 Å². The van der Waals surface area contributed by atoms with E-state index in [1.54, 1.807) is 12.1 Å². The third kappa shape index (κ3) is 3.78. The molecule has 2 rings (SSSR count). The Kier molecular flexibility index (Phi) is 4.93. The third-order valence-corrected chi connectivity index (χ3v) is 3.75. The lowest BCUT2D eigenvalue weighted by Crippen LogP contribution is -2.41. The maximum atomic E-state index is 11.1. The van der Waals surface area contributed by atoms with E-state index in [-0.39, 0.29) is 6.10 Å². The molecule has 1 saturated carbocycles. The second-order valence-corrected chi connectivity index (χ2v) is 5.09. The van der Waals surface area contributed by atoms with Crippen LogP contribution < -0.4 is 11.1 Å². The topological polar surface area (TPSA) is 64.3 Å². The molecule has 19 heavy (non-hydrogen) atoms. The fourth-order valence-electron chi connectivity index (χ4n) is 2.64. The summed E-state index contributed by atoms with van der Waals surface area (Å²) >= 11 is 0. The molecular weight excluding hydrogens is 240 g/mol. The highest BCUT2D eigenvalue weighted by Gasteiger charge is 2.24. The first-order valence-electron chi connectivity index (χ1n) is 6.88. The number of nitrogens with one attached hydrogen (secondary N) is 1. The Balaban J connectivity index is 1.94. The summed E-state index contributed by atoms with van der Waals surface area (Å²) in [6.45, 7) is 0.532. The predicted octanol–water partition coefficient (Wildman–Crippen LogP) is 1.83. The number of rotatable bonds is 5. The Morgan fingerprint density at radius 2 is 2.21 bits per heavy atom. The van der Waals surface area contributed by atoms with Gasteiger partial charge in [0.05, 0.1) is 12.7 Å². The van der Waals surface area contributed by atoms with Crippen LogP contribution in [-0.2, 0) is 11.3 Å². The Hall–Kier alpha value is -1.39. The van der Waals surface area contributed by atoms with Gasteiger partial charge in [-0.15, -0.1) is 0 Å². The van der Waals surface area contributed by atoms with E-state index in [4.69, 9.17) is 10.5 Å². The normalized spacial score (nSPS) is 23.2. The highest BCUT2D eigenvalue weighted by atomic mass is 16.5. The number of ether oxygens (including phenoxy) is 1. The third-order valence-electron chi connectivity index (χ3n) is 3.75. The van der Waals surface area contributed by atoms with Crippen LogP contribution in [0.25, 0.3) is 0 Å². The zero-order valence-electron chi connectivity index (χ0n) is 11.4. The van der Waals surface area contributed by atoms with Crippen molar-refractivity contribution in [1.29, 1.82) is 0 Å². The number of primary amides is 1. The van der Waals surface area contributed by atoms with Gasteiger partial charge in [-0.1, -0.05) is 25.0 Å². The van der Waals surface area contributed by atoms with E-state index in [0.717, 1.165) is 12.0 Å². The quantitative estimate of drug-likeness (QED) is 0.851. The minimum Gasteiger partial charge on any atom is -0.372 e. The number of hydrogen-bond donors (Lipinski definition) is 2. The molecule has 0 heterocycles. The molecule has 1 aromatic carbocycles. The van der Waals surface area contributed by atoms with Crippen molar-refractivity contribution in [2.75, 3.05) is 7.05 Å². The van der Waals surface area contributed by atoms with Gasteiger partial charge in [-0.2, -0.15) is 0 Å². The highest BCUT2D eigenvalue weighted by Crippen LogP contribution is 2.22. The van der Waals surface area contributed by atoms with Gasteiger partial charge in [0.15, 0.2) is 0 Å². The largest absolute Gasteiger partial charge is 0.372 e. The molecule has 1 amide bonds. The van der Waals surface area contributed by atoms with Crippen LogP contribution in [0.4, 0.5) is 0 Å². The van der Waals surface area contributed by atoms with Crippen molar-refractivity contribution in [2.24, 2.45) is 5.73 Å². The molecular formula is C15H22N2O2. The molecule has 0 spiro atoms. The molecule has 0 bridgehead atoms. The van der Waals surface area contributed by atoms with E-state index < -0.39 is 5.91 Å². The number of carbonyl (C=O) groups excluding carboxylic acids is 1. The molecule has 4 heteroatoms. The van der Waals surface area contributed by atoms with Gasteiger partial charge in [0.2, 0.25) is 5.91 Å². The van der Waals surface area contributed by atoms with Crippen molar-refractivity contribution < 1.29 is 9.53 Å². The summed E-state index contributed by atoms with van der Waals surface area (Å²) < 4.78 is 5.99. The molecule has 0 aliphatic heterocycles. The molecule has 3 N–H and O–H groups in total. The van der Waals surface area contributed by atoms with E-state index in [0.29, 0.717) is 18.2 Å². The lowest BCUT2D eigenvalue weighted by atomic mass is 9.92. The maximum Gasteiger partial charge on any atom is 0.248 e. The standard InChI is InChI=1S/C15H22N2O2/c1-17-13-7-2-3-8-14(13)19-10-11-5-4-6-12(9-11)15(16)18/h4-6,9,13-14,17H,2-3,7-8,10H2,1H3,(H2,16,18). The number of nitrogens with two attached hydrogens (primary N) is 1. The van der Waals surface area contributed by atoms with Crippen LogP contribution in [0.1, 0.15) is 41.6 Å². The average molecular weight is 262 g/mol. The van der Waals surface area contributed by atoms with Crippen LogP contribution in [-0.4, -0.2) is 25.1 Å². The maximum absolute atomic E-state index is 11.1. The first-order valence-corrected chi connectivity index (χ1v) is 6.88. The van der Waals surface area contributed by atoms with Gasteiger partial charge in [0.25, 0.3) is 0 Å². The Bertz CT molecular complexity index is 434. The van der Waals surface area contributed by atoms with Crippen LogP contribution in [0, 0.1) is 0 Å². The zero-order chi connectivity index (χ0) is 13.7. The monoisotopic (exact) mass is 262 g/mol. The summed E-state index contributed by atoms with van der Waals surface area (Å²) in [5.74, 6) is -0.396. The van der Waals surface area contributed by atoms with Crippen molar-refractivity contribution in [3.63, 3.8) is 0 Å². The minimum atomic E-state index is -0.396. The molecule has 0 saturated heterocycles. The molecule has 104 valence electrons. The van der Waals surface area contributed by atoms with Gasteiger partial charge in [0.1, 0.15) is 0 Å². The molecule has 0 aromatic heterocycles. The van der Waals surface area contributed by atoms with Crippen molar-refractivity contribution in [3.05, 3.63) is 35.4 Å². The van der Waals surface area contributed by atoms with E-state index in [1.165, 1.54) is 19.3 Å². The van der Waals surface area contributed by atoms with Crippen molar-refractivity contribution >= 4 is 5.91 Å². The average Bonchev–Trinajstić information content (AvgIpc) is 2.45. The van der Waals surface area contributed by atoms with Crippen LogP contribution in [0.3, 0.4) is 0 Å². The number of hydrogen-bond acceptors (Lipinski definition) is 3. The fourth-order valence-corrected chi connectivity index (χ4v) is 2.64. The van der Waals surface area contributed by atoms with Crippen molar-refractivity contribution in [1.82, 2.24) is 5.32 Å². The first-order chi connectivity index (χ1) is 9.20. The van der Waals surface area contributed by atoms with Crippen LogP contribution in [0.5, 0.6) is 0 Å². The smallest absolute Gasteiger partial charge is 0.248 e. The Labute approximate surface area is 114 Å². The number of amides is 1. The van der Waals surface area contributed by atoms with Gasteiger partial charge < -0.3 is 15.8 Å². The molecule has 1 fully saturated rings. The Morgan fingerprint density at radius 1 is 1.42 bits per heavy atom. The molecule has 2 atom stereocenters. The molecule has 0 radical (unpaired) electrons. The fraction of sp³-hybridized carbons (Fsp3) is 0.533. The molecule has 2 unspecified atom stereocenters. The summed E-state index contributed by atoms with van der Waals surface area (Å²) in [7, 11) is 1.99. The Morgan fingerprint density at radius 3 is 2.95 bits per heavy atom. The lowest BCUT2D eigenvalue weighted by Gasteiger charge is -2.31. The van der Waals surface area contributed by atoms with Crippen LogP contribution in [0.15, 0.2) is 24.3 Å². The van der Waals surface area contributed by atoms with E-state index in [2.05, 4.69) is 5.32 Å². The van der Waals surface area contributed by atoms with Gasteiger partial charge in [-0.25, -0.2) is 0 Å². The second-order valence-electron chi connectivity index (χ2n) is 5.09. The van der Waals surface area contributed by atoms with Gasteiger partial charge in [0, 0.05) is 11.6 Å². The first kappa shape index (κ1) is 14.0. The van der Waals surface area contributed by atoms with Crippen molar-refractivity contribution in [3.8, 4) is 0 Å². The van der Waals surface area contributed by atoms with E-state index in [9.17, 15) is 4.79 Å². The van der Waals surface area contributed by atoms with Gasteiger partial charge >= 0.3 is 0 Å². The summed E-state index contributed by atoms with van der Waals surface area (Å²) in [6.07, 6.45) is 5.02.